The highest BCUT2D eigenvalue weighted by molar-refractivity contribution is 5.92. The molecule has 2 rings (SSSR count). The Morgan fingerprint density at radius 3 is 1.25 bits per heavy atom. The molecule has 0 aliphatic carbocycles. The van der Waals surface area contributed by atoms with Crippen LogP contribution in [0.25, 0.3) is 0 Å². The lowest BCUT2D eigenvalue weighted by Gasteiger charge is -2.02. The first kappa shape index (κ1) is 31.2. The van der Waals surface area contributed by atoms with Crippen molar-refractivity contribution in [2.45, 2.75) is 103 Å². The van der Waals surface area contributed by atoms with E-state index in [1.807, 2.05) is 6.08 Å². The van der Waals surface area contributed by atoms with Crippen LogP contribution in [0.4, 0.5) is 0 Å². The summed E-state index contributed by atoms with van der Waals surface area (Å²) in [5.74, 6) is -1.42. The highest BCUT2D eigenvalue weighted by Crippen LogP contribution is 2.13. The van der Waals surface area contributed by atoms with Crippen LogP contribution in [0.15, 0.2) is 73.3 Å². The minimum absolute atomic E-state index is 0.318. The van der Waals surface area contributed by atoms with Crippen LogP contribution in [0.3, 0.4) is 0 Å². The zero-order chi connectivity index (χ0) is 26.1. The summed E-state index contributed by atoms with van der Waals surface area (Å²) in [5.41, 5.74) is 0.636. The van der Waals surface area contributed by atoms with Crippen LogP contribution in [-0.2, 0) is 9.78 Å². The Morgan fingerprint density at radius 1 is 0.583 bits per heavy atom. The van der Waals surface area contributed by atoms with Crippen LogP contribution < -0.4 is 0 Å². The van der Waals surface area contributed by atoms with Crippen molar-refractivity contribution in [1.82, 2.24) is 0 Å². The number of carbonyl (C=O) groups is 2. The van der Waals surface area contributed by atoms with E-state index in [-0.39, 0.29) is 0 Å². The van der Waals surface area contributed by atoms with E-state index < -0.39 is 11.9 Å². The lowest BCUT2D eigenvalue weighted by Crippen LogP contribution is -2.11. The van der Waals surface area contributed by atoms with E-state index in [1.54, 1.807) is 60.7 Å². The molecular weight excluding hydrogens is 448 g/mol. The fourth-order valence-corrected chi connectivity index (χ4v) is 3.80. The Labute approximate surface area is 219 Å². The SMILES string of the molecule is C=CCCCCCCCCCCCCCCCC.O=C(OOC(=O)c1ccccc1)c1ccccc1. The zero-order valence-electron chi connectivity index (χ0n) is 22.3. The number of hydrogen-bond donors (Lipinski definition) is 0. The number of unbranched alkanes of at least 4 members (excludes halogenated alkanes) is 14. The van der Waals surface area contributed by atoms with Crippen molar-refractivity contribution in [3.63, 3.8) is 0 Å². The van der Waals surface area contributed by atoms with E-state index in [2.05, 4.69) is 23.3 Å². The quantitative estimate of drug-likeness (QED) is 0.0950. The van der Waals surface area contributed by atoms with Crippen molar-refractivity contribution in [2.24, 2.45) is 0 Å². The molecule has 0 aliphatic rings. The van der Waals surface area contributed by atoms with E-state index in [1.165, 1.54) is 96.3 Å². The molecule has 198 valence electrons. The van der Waals surface area contributed by atoms with Crippen molar-refractivity contribution in [3.8, 4) is 0 Å². The third-order valence-corrected chi connectivity index (χ3v) is 5.97. The Balaban J connectivity index is 0.000000360. The van der Waals surface area contributed by atoms with Crippen LogP contribution in [0, 0.1) is 0 Å². The molecule has 0 saturated carbocycles. The summed E-state index contributed by atoms with van der Waals surface area (Å²) in [6, 6.07) is 16.6. The normalized spacial score (nSPS) is 10.1. The third-order valence-electron chi connectivity index (χ3n) is 5.97. The highest BCUT2D eigenvalue weighted by Gasteiger charge is 2.13. The second kappa shape index (κ2) is 22.6. The van der Waals surface area contributed by atoms with Gasteiger partial charge in [0.05, 0.1) is 11.1 Å². The van der Waals surface area contributed by atoms with E-state index in [0.29, 0.717) is 11.1 Å². The van der Waals surface area contributed by atoms with Gasteiger partial charge >= 0.3 is 11.9 Å². The number of carbonyl (C=O) groups excluding carboxylic acids is 2. The van der Waals surface area contributed by atoms with E-state index in [0.717, 1.165) is 0 Å². The first-order valence-corrected chi connectivity index (χ1v) is 13.8. The molecule has 4 nitrogen and oxygen atoms in total. The van der Waals surface area contributed by atoms with Crippen molar-refractivity contribution in [1.29, 1.82) is 0 Å². The monoisotopic (exact) mass is 494 g/mol. The molecule has 0 heterocycles. The minimum Gasteiger partial charge on any atom is -0.242 e. The lowest BCUT2D eigenvalue weighted by atomic mass is 10.0. The van der Waals surface area contributed by atoms with Crippen molar-refractivity contribution < 1.29 is 19.4 Å². The summed E-state index contributed by atoms with van der Waals surface area (Å²) in [4.78, 5) is 31.9. The molecule has 0 unspecified atom stereocenters. The number of rotatable bonds is 17. The van der Waals surface area contributed by atoms with Crippen LogP contribution in [0.1, 0.15) is 124 Å². The second-order valence-corrected chi connectivity index (χ2v) is 9.15. The van der Waals surface area contributed by atoms with Crippen molar-refractivity contribution in [3.05, 3.63) is 84.4 Å². The predicted molar refractivity (Wildman–Crippen MR) is 149 cm³/mol. The number of hydrogen-bond acceptors (Lipinski definition) is 4. The topological polar surface area (TPSA) is 52.6 Å². The van der Waals surface area contributed by atoms with E-state index in [4.69, 9.17) is 0 Å². The van der Waals surface area contributed by atoms with Gasteiger partial charge in [-0.05, 0) is 37.1 Å². The van der Waals surface area contributed by atoms with Crippen LogP contribution in [0.2, 0.25) is 0 Å². The molecule has 0 aromatic heterocycles. The molecule has 0 spiro atoms. The van der Waals surface area contributed by atoms with Crippen molar-refractivity contribution >= 4 is 11.9 Å². The zero-order valence-corrected chi connectivity index (χ0v) is 22.3. The molecule has 36 heavy (non-hydrogen) atoms. The largest absolute Gasteiger partial charge is 0.386 e. The average molecular weight is 495 g/mol. The molecule has 4 heteroatoms. The Bertz CT molecular complexity index is 750. The molecule has 0 amide bonds. The number of allylic oxidation sites excluding steroid dienone is 1. The van der Waals surface area contributed by atoms with E-state index >= 15 is 0 Å². The maximum atomic E-state index is 11.5. The first-order valence-electron chi connectivity index (χ1n) is 13.8. The molecular formula is C32H46O4. The van der Waals surface area contributed by atoms with Gasteiger partial charge in [0.15, 0.2) is 0 Å². The smallest absolute Gasteiger partial charge is 0.242 e. The average Bonchev–Trinajstić information content (AvgIpc) is 2.93. The van der Waals surface area contributed by atoms with Gasteiger partial charge in [-0.1, -0.05) is 133 Å². The van der Waals surface area contributed by atoms with Crippen LogP contribution in [-0.4, -0.2) is 11.9 Å². The summed E-state index contributed by atoms with van der Waals surface area (Å²) >= 11 is 0. The van der Waals surface area contributed by atoms with Gasteiger partial charge in [-0.15, -0.1) is 6.58 Å². The van der Waals surface area contributed by atoms with Crippen LogP contribution in [0.5, 0.6) is 0 Å². The van der Waals surface area contributed by atoms with Crippen molar-refractivity contribution in [2.75, 3.05) is 0 Å². The Morgan fingerprint density at radius 2 is 0.917 bits per heavy atom. The summed E-state index contributed by atoms with van der Waals surface area (Å²) < 4.78 is 0. The molecule has 0 radical (unpaired) electrons. The summed E-state index contributed by atoms with van der Waals surface area (Å²) in [6.45, 7) is 6.05. The molecule has 0 fully saturated rings. The first-order chi connectivity index (χ1) is 17.7. The molecule has 2 aromatic rings. The van der Waals surface area contributed by atoms with Gasteiger partial charge in [0, 0.05) is 0 Å². The minimum atomic E-state index is -0.708. The maximum absolute atomic E-state index is 11.5. The lowest BCUT2D eigenvalue weighted by molar-refractivity contribution is -0.187. The summed E-state index contributed by atoms with van der Waals surface area (Å²) in [7, 11) is 0. The van der Waals surface area contributed by atoms with E-state index in [9.17, 15) is 9.59 Å². The summed E-state index contributed by atoms with van der Waals surface area (Å²) in [5, 5.41) is 0. The van der Waals surface area contributed by atoms with Gasteiger partial charge in [-0.2, -0.15) is 0 Å². The second-order valence-electron chi connectivity index (χ2n) is 9.15. The van der Waals surface area contributed by atoms with Gasteiger partial charge in [-0.25, -0.2) is 19.4 Å². The van der Waals surface area contributed by atoms with Gasteiger partial charge < -0.3 is 0 Å². The fourth-order valence-electron chi connectivity index (χ4n) is 3.80. The highest BCUT2D eigenvalue weighted by atomic mass is 17.2. The maximum Gasteiger partial charge on any atom is 0.386 e. The van der Waals surface area contributed by atoms with Gasteiger partial charge in [0.25, 0.3) is 0 Å². The van der Waals surface area contributed by atoms with Gasteiger partial charge in [-0.3, -0.25) is 0 Å². The number of benzene rings is 2. The molecule has 0 saturated heterocycles. The Kier molecular flexibility index (Phi) is 19.5. The molecule has 0 bridgehead atoms. The van der Waals surface area contributed by atoms with Crippen LogP contribution >= 0.6 is 0 Å². The fraction of sp³-hybridized carbons (Fsp3) is 0.500. The standard InChI is InChI=1S/C18H36.C14H10O4/c1-3-5-7-9-11-13-15-17-18-16-14-12-10-8-6-4-2;15-13(11-7-3-1-4-8-11)17-18-14(16)12-9-5-2-6-10-12/h3H,1,4-18H2,2H3;1-10H. The molecule has 0 aliphatic heterocycles. The molecule has 0 N–H and O–H groups in total. The summed E-state index contributed by atoms with van der Waals surface area (Å²) in [6.07, 6.45) is 23.5. The Hall–Kier alpha value is -2.88. The third kappa shape index (κ3) is 16.7. The molecule has 0 atom stereocenters. The van der Waals surface area contributed by atoms with Gasteiger partial charge in [0.2, 0.25) is 0 Å². The predicted octanol–water partition coefficient (Wildman–Crippen LogP) is 9.66. The molecule has 2 aromatic carbocycles. The van der Waals surface area contributed by atoms with Gasteiger partial charge in [0.1, 0.15) is 0 Å².